The summed E-state index contributed by atoms with van der Waals surface area (Å²) in [6, 6.07) is 71.2. The van der Waals surface area contributed by atoms with Gasteiger partial charge in [0, 0.05) is 54.8 Å². The molecule has 0 fully saturated rings. The van der Waals surface area contributed by atoms with Gasteiger partial charge >= 0.3 is 0 Å². The fourth-order valence-corrected chi connectivity index (χ4v) is 9.00. The molecule has 0 amide bonds. The smallest absolute Gasteiger partial charge is 0.235 e. The van der Waals surface area contributed by atoms with E-state index in [0.29, 0.717) is 5.95 Å². The van der Waals surface area contributed by atoms with Gasteiger partial charge in [-0.1, -0.05) is 152 Å². The van der Waals surface area contributed by atoms with Crippen LogP contribution in [0.4, 0.5) is 0 Å². The Balaban J connectivity index is 1.20. The lowest BCUT2D eigenvalue weighted by molar-refractivity contribution is 0.995. The van der Waals surface area contributed by atoms with Crippen LogP contribution in [0, 0.1) is 0 Å². The second-order valence-corrected chi connectivity index (χ2v) is 14.6. The number of fused-ring (bicyclic) bond motifs is 10. The van der Waals surface area contributed by atoms with Crippen LogP contribution in [-0.2, 0) is 0 Å². The van der Waals surface area contributed by atoms with Crippen LogP contribution in [0.5, 0.6) is 0 Å². The molecule has 4 heterocycles. The van der Waals surface area contributed by atoms with E-state index in [4.69, 9.17) is 9.97 Å². The molecule has 5 heteroatoms. The van der Waals surface area contributed by atoms with E-state index in [1.54, 1.807) is 0 Å². The first-order chi connectivity index (χ1) is 28.3. The molecule has 0 aliphatic rings. The first-order valence-electron chi connectivity index (χ1n) is 19.3. The minimum absolute atomic E-state index is 0.629. The van der Waals surface area contributed by atoms with E-state index in [1.165, 1.54) is 32.6 Å². The summed E-state index contributed by atoms with van der Waals surface area (Å²) >= 11 is 0. The molecule has 0 N–H and O–H groups in total. The normalized spacial score (nSPS) is 11.9. The molecule has 12 rings (SSSR count). The summed E-state index contributed by atoms with van der Waals surface area (Å²) in [6.45, 7) is 0. The van der Waals surface area contributed by atoms with E-state index in [0.717, 1.165) is 66.7 Å². The Morgan fingerprint density at radius 2 is 0.667 bits per heavy atom. The standard InChI is InChI=1S/C52H33N5/c1-3-16-34(17-4-1)44-33-45(35-18-5-2-6-19-35)54-52(53-44)57-49-29-14-10-25-41(49)43-31-30-42-40-24-9-13-28-48(40)56(50(42)51(43)57)37-21-15-20-36(32-37)55-46-26-11-7-22-38(46)39-23-8-12-27-47(39)55/h1-33H. The zero-order valence-corrected chi connectivity index (χ0v) is 30.8. The molecule has 5 nitrogen and oxygen atoms in total. The van der Waals surface area contributed by atoms with Crippen molar-refractivity contribution in [3.63, 3.8) is 0 Å². The number of para-hydroxylation sites is 4. The lowest BCUT2D eigenvalue weighted by Gasteiger charge is -2.15. The van der Waals surface area contributed by atoms with E-state index in [-0.39, 0.29) is 0 Å². The van der Waals surface area contributed by atoms with Crippen LogP contribution >= 0.6 is 0 Å². The van der Waals surface area contributed by atoms with Crippen molar-refractivity contribution in [1.29, 1.82) is 0 Å². The van der Waals surface area contributed by atoms with E-state index in [9.17, 15) is 0 Å². The minimum Gasteiger partial charge on any atom is -0.309 e. The van der Waals surface area contributed by atoms with E-state index in [2.05, 4.69) is 202 Å². The monoisotopic (exact) mass is 727 g/mol. The molecule has 57 heavy (non-hydrogen) atoms. The maximum absolute atomic E-state index is 5.38. The largest absolute Gasteiger partial charge is 0.309 e. The van der Waals surface area contributed by atoms with E-state index < -0.39 is 0 Å². The molecule has 12 aromatic rings. The summed E-state index contributed by atoms with van der Waals surface area (Å²) in [5.41, 5.74) is 12.8. The van der Waals surface area contributed by atoms with Crippen LogP contribution < -0.4 is 0 Å². The highest BCUT2D eigenvalue weighted by atomic mass is 15.2. The van der Waals surface area contributed by atoms with Gasteiger partial charge in [-0.3, -0.25) is 4.57 Å². The van der Waals surface area contributed by atoms with Gasteiger partial charge in [0.2, 0.25) is 5.95 Å². The lowest BCUT2D eigenvalue weighted by atomic mass is 10.1. The predicted molar refractivity (Wildman–Crippen MR) is 236 cm³/mol. The van der Waals surface area contributed by atoms with Crippen molar-refractivity contribution in [3.05, 3.63) is 200 Å². The fraction of sp³-hybridized carbons (Fsp3) is 0. The molecule has 0 radical (unpaired) electrons. The van der Waals surface area contributed by atoms with E-state index in [1.807, 2.05) is 12.1 Å². The van der Waals surface area contributed by atoms with Gasteiger partial charge in [-0.05, 0) is 48.5 Å². The van der Waals surface area contributed by atoms with Crippen LogP contribution in [0.2, 0.25) is 0 Å². The summed E-state index contributed by atoms with van der Waals surface area (Å²) in [5, 5.41) is 7.16. The Morgan fingerprint density at radius 1 is 0.281 bits per heavy atom. The number of hydrogen-bond donors (Lipinski definition) is 0. The average Bonchev–Trinajstić information content (AvgIpc) is 3.93. The summed E-state index contributed by atoms with van der Waals surface area (Å²) < 4.78 is 7.12. The topological polar surface area (TPSA) is 40.6 Å². The summed E-state index contributed by atoms with van der Waals surface area (Å²) in [4.78, 5) is 10.8. The SMILES string of the molecule is c1ccc(-c2cc(-c3ccccc3)nc(-n3c4ccccc4c4ccc5c6ccccc6n(-c6cccc(-n7c8ccccc8c8ccccc87)c6)c5c43)n2)cc1. The molecule has 0 aliphatic heterocycles. The molecule has 8 aromatic carbocycles. The Labute approximate surface area is 328 Å². The van der Waals surface area contributed by atoms with Crippen molar-refractivity contribution >= 4 is 65.4 Å². The molecule has 0 unspecified atom stereocenters. The Bertz CT molecular complexity index is 3410. The van der Waals surface area contributed by atoms with Gasteiger partial charge in [0.1, 0.15) is 0 Å². The van der Waals surface area contributed by atoms with Gasteiger partial charge in [0.15, 0.2) is 0 Å². The van der Waals surface area contributed by atoms with Crippen LogP contribution in [0.25, 0.3) is 105 Å². The second-order valence-electron chi connectivity index (χ2n) is 14.6. The maximum Gasteiger partial charge on any atom is 0.235 e. The third-order valence-corrected chi connectivity index (χ3v) is 11.4. The Hall–Kier alpha value is -7.76. The van der Waals surface area contributed by atoms with Gasteiger partial charge in [-0.2, -0.15) is 0 Å². The highest BCUT2D eigenvalue weighted by Crippen LogP contribution is 2.42. The number of benzene rings is 8. The molecule has 0 bridgehead atoms. The zero-order valence-electron chi connectivity index (χ0n) is 30.8. The van der Waals surface area contributed by atoms with Crippen LogP contribution in [0.15, 0.2) is 200 Å². The van der Waals surface area contributed by atoms with Crippen LogP contribution in [0.1, 0.15) is 0 Å². The molecule has 0 saturated carbocycles. The molecule has 0 atom stereocenters. The molecule has 0 spiro atoms. The number of aromatic nitrogens is 5. The number of nitrogens with zero attached hydrogens (tertiary/aromatic N) is 5. The van der Waals surface area contributed by atoms with Gasteiger partial charge < -0.3 is 9.13 Å². The van der Waals surface area contributed by atoms with Gasteiger partial charge in [0.05, 0.1) is 44.5 Å². The van der Waals surface area contributed by atoms with Crippen molar-refractivity contribution < 1.29 is 0 Å². The molecular weight excluding hydrogens is 695 g/mol. The minimum atomic E-state index is 0.629. The lowest BCUT2D eigenvalue weighted by Crippen LogP contribution is -2.05. The maximum atomic E-state index is 5.38. The highest BCUT2D eigenvalue weighted by molar-refractivity contribution is 6.23. The first-order valence-corrected chi connectivity index (χ1v) is 19.3. The molecular formula is C52H33N5. The van der Waals surface area contributed by atoms with Crippen LogP contribution in [-0.4, -0.2) is 23.7 Å². The van der Waals surface area contributed by atoms with Crippen molar-refractivity contribution in [3.8, 4) is 39.8 Å². The number of hydrogen-bond acceptors (Lipinski definition) is 2. The molecule has 266 valence electrons. The van der Waals surface area contributed by atoms with Gasteiger partial charge in [-0.25, -0.2) is 9.97 Å². The Kier molecular flexibility index (Phi) is 6.86. The van der Waals surface area contributed by atoms with Crippen molar-refractivity contribution in [2.45, 2.75) is 0 Å². The quantitative estimate of drug-likeness (QED) is 0.177. The Morgan fingerprint density at radius 3 is 1.18 bits per heavy atom. The zero-order chi connectivity index (χ0) is 37.5. The number of rotatable bonds is 5. The third-order valence-electron chi connectivity index (χ3n) is 11.4. The highest BCUT2D eigenvalue weighted by Gasteiger charge is 2.23. The van der Waals surface area contributed by atoms with Gasteiger partial charge in [0.25, 0.3) is 0 Å². The molecule has 4 aromatic heterocycles. The molecule has 0 aliphatic carbocycles. The van der Waals surface area contributed by atoms with Gasteiger partial charge in [-0.15, -0.1) is 0 Å². The summed E-state index contributed by atoms with van der Waals surface area (Å²) in [6.07, 6.45) is 0. The predicted octanol–water partition coefficient (Wildman–Crippen LogP) is 13.1. The van der Waals surface area contributed by atoms with Crippen molar-refractivity contribution in [1.82, 2.24) is 23.7 Å². The fourth-order valence-electron chi connectivity index (χ4n) is 9.00. The van der Waals surface area contributed by atoms with Crippen molar-refractivity contribution in [2.75, 3.05) is 0 Å². The summed E-state index contributed by atoms with van der Waals surface area (Å²) in [7, 11) is 0. The molecule has 0 saturated heterocycles. The summed E-state index contributed by atoms with van der Waals surface area (Å²) in [5.74, 6) is 0.629. The average molecular weight is 728 g/mol. The second kappa shape index (κ2) is 12.4. The van der Waals surface area contributed by atoms with E-state index >= 15 is 0 Å². The first kappa shape index (κ1) is 31.6. The van der Waals surface area contributed by atoms with Crippen LogP contribution in [0.3, 0.4) is 0 Å². The van der Waals surface area contributed by atoms with Crippen molar-refractivity contribution in [2.24, 2.45) is 0 Å². The third kappa shape index (κ3) is 4.76.